The van der Waals surface area contributed by atoms with Gasteiger partial charge in [0, 0.05) is 31.2 Å². The quantitative estimate of drug-likeness (QED) is 0.741. The number of nitrogens with one attached hydrogen (secondary N) is 1. The maximum atomic E-state index is 12.6. The highest BCUT2D eigenvalue weighted by Crippen LogP contribution is 2.26. The first-order valence-electron chi connectivity index (χ1n) is 8.08. The van der Waals surface area contributed by atoms with Crippen LogP contribution in [0.5, 0.6) is 0 Å². The van der Waals surface area contributed by atoms with Crippen LogP contribution in [0.2, 0.25) is 0 Å². The lowest BCUT2D eigenvalue weighted by Crippen LogP contribution is -2.31. The minimum atomic E-state index is -3.62. The monoisotopic (exact) mass is 388 g/mol. The number of sulfonamides is 1. The Balaban J connectivity index is 1.45. The van der Waals surface area contributed by atoms with Gasteiger partial charge in [0.25, 0.3) is 0 Å². The Bertz CT molecular complexity index is 1050. The summed E-state index contributed by atoms with van der Waals surface area (Å²) in [6, 6.07) is 8.66. The van der Waals surface area contributed by atoms with E-state index in [0.717, 1.165) is 10.2 Å². The van der Waals surface area contributed by atoms with Gasteiger partial charge in [-0.2, -0.15) is 4.31 Å². The molecule has 1 N–H and O–H groups in total. The summed E-state index contributed by atoms with van der Waals surface area (Å²) in [6.45, 7) is 0.489. The number of carbonyl (C=O) groups excluding carboxylic acids is 1. The van der Waals surface area contributed by atoms with Crippen LogP contribution in [0.1, 0.15) is 6.42 Å². The summed E-state index contributed by atoms with van der Waals surface area (Å²) in [4.78, 5) is 20.8. The molecule has 0 unspecified atom stereocenters. The van der Waals surface area contributed by atoms with Crippen molar-refractivity contribution in [2.45, 2.75) is 11.3 Å². The molecule has 1 atom stereocenters. The second-order valence-electron chi connectivity index (χ2n) is 6.06. The van der Waals surface area contributed by atoms with E-state index in [4.69, 9.17) is 0 Å². The molecule has 0 spiro atoms. The van der Waals surface area contributed by atoms with E-state index in [2.05, 4.69) is 15.3 Å². The fourth-order valence-corrected chi connectivity index (χ4v) is 5.11. The highest BCUT2D eigenvalue weighted by Gasteiger charge is 2.35. The molecule has 2 aromatic heterocycles. The van der Waals surface area contributed by atoms with Crippen LogP contribution in [-0.4, -0.2) is 41.7 Å². The van der Waals surface area contributed by atoms with Gasteiger partial charge in [0.2, 0.25) is 15.9 Å². The van der Waals surface area contributed by atoms with E-state index in [1.54, 1.807) is 11.6 Å². The average Bonchev–Trinajstić information content (AvgIpc) is 3.32. The predicted octanol–water partition coefficient (Wildman–Crippen LogP) is 2.34. The molecule has 1 amide bonds. The normalized spacial score (nSPS) is 18.2. The standard InChI is InChI=1S/C17H16N4O3S2/c22-17(20-13-3-4-16-15(8-13)19-11-25-16)12-5-7-21(10-12)26(23,24)14-2-1-6-18-9-14/h1-4,6,8-9,11-12H,5,7,10H2,(H,20,22)/t12-/m1/s1. The topological polar surface area (TPSA) is 92.3 Å². The van der Waals surface area contributed by atoms with E-state index in [1.807, 2.05) is 18.2 Å². The fourth-order valence-electron chi connectivity index (χ4n) is 2.99. The van der Waals surface area contributed by atoms with Gasteiger partial charge in [-0.15, -0.1) is 11.3 Å². The molecule has 1 aromatic carbocycles. The predicted molar refractivity (Wildman–Crippen MR) is 99.4 cm³/mol. The third-order valence-electron chi connectivity index (χ3n) is 4.39. The van der Waals surface area contributed by atoms with Crippen LogP contribution in [0.4, 0.5) is 5.69 Å². The summed E-state index contributed by atoms with van der Waals surface area (Å²) in [6.07, 6.45) is 3.34. The van der Waals surface area contributed by atoms with Crippen molar-refractivity contribution in [2.75, 3.05) is 18.4 Å². The van der Waals surface area contributed by atoms with Gasteiger partial charge in [0.1, 0.15) is 4.90 Å². The molecule has 1 saturated heterocycles. The molecule has 134 valence electrons. The summed E-state index contributed by atoms with van der Waals surface area (Å²) in [5.41, 5.74) is 3.26. The first kappa shape index (κ1) is 17.1. The zero-order valence-corrected chi connectivity index (χ0v) is 15.3. The number of pyridine rings is 1. The minimum Gasteiger partial charge on any atom is -0.326 e. The molecule has 26 heavy (non-hydrogen) atoms. The molecule has 1 aliphatic rings. The molecule has 0 bridgehead atoms. The number of amides is 1. The number of carbonyl (C=O) groups is 1. The van der Waals surface area contributed by atoms with E-state index in [-0.39, 0.29) is 23.3 Å². The van der Waals surface area contributed by atoms with Crippen molar-refractivity contribution >= 4 is 43.2 Å². The second-order valence-corrected chi connectivity index (χ2v) is 8.89. The number of thiazole rings is 1. The van der Waals surface area contributed by atoms with E-state index in [0.29, 0.717) is 18.7 Å². The van der Waals surface area contributed by atoms with Gasteiger partial charge in [-0.1, -0.05) is 0 Å². The Labute approximate surface area is 154 Å². The summed E-state index contributed by atoms with van der Waals surface area (Å²) in [5, 5.41) is 2.87. The third kappa shape index (κ3) is 3.20. The average molecular weight is 388 g/mol. The lowest BCUT2D eigenvalue weighted by atomic mass is 10.1. The van der Waals surface area contributed by atoms with Crippen molar-refractivity contribution in [1.82, 2.24) is 14.3 Å². The molecule has 1 fully saturated rings. The summed E-state index contributed by atoms with van der Waals surface area (Å²) < 4.78 is 27.6. The van der Waals surface area contributed by atoms with Crippen LogP contribution >= 0.6 is 11.3 Å². The number of benzene rings is 1. The minimum absolute atomic E-state index is 0.148. The van der Waals surface area contributed by atoms with Crippen LogP contribution in [0, 0.1) is 5.92 Å². The number of rotatable bonds is 4. The Morgan fingerprint density at radius 3 is 3.00 bits per heavy atom. The van der Waals surface area contributed by atoms with Gasteiger partial charge in [0.15, 0.2) is 0 Å². The Hall–Kier alpha value is -2.36. The first-order chi connectivity index (χ1) is 12.5. The molecule has 9 heteroatoms. The molecular weight excluding hydrogens is 372 g/mol. The highest BCUT2D eigenvalue weighted by molar-refractivity contribution is 7.89. The molecule has 0 radical (unpaired) electrons. The molecule has 1 aliphatic heterocycles. The van der Waals surface area contributed by atoms with Crippen molar-refractivity contribution in [1.29, 1.82) is 0 Å². The third-order valence-corrected chi connectivity index (χ3v) is 7.05. The number of anilines is 1. The van der Waals surface area contributed by atoms with Crippen molar-refractivity contribution in [3.05, 3.63) is 48.2 Å². The summed E-state index contributed by atoms with van der Waals surface area (Å²) in [5.74, 6) is -0.559. The van der Waals surface area contributed by atoms with Crippen LogP contribution in [0.15, 0.2) is 53.1 Å². The second kappa shape index (κ2) is 6.75. The van der Waals surface area contributed by atoms with Gasteiger partial charge < -0.3 is 5.32 Å². The molecular formula is C17H16N4O3S2. The molecule has 3 heterocycles. The SMILES string of the molecule is O=C(Nc1ccc2scnc2c1)[C@@H]1CCN(S(=O)(=O)c2cccnc2)C1. The lowest BCUT2D eigenvalue weighted by Gasteiger charge is -2.16. The molecule has 4 rings (SSSR count). The number of hydrogen-bond donors (Lipinski definition) is 1. The van der Waals surface area contributed by atoms with Gasteiger partial charge in [-0.3, -0.25) is 9.78 Å². The van der Waals surface area contributed by atoms with E-state index in [9.17, 15) is 13.2 Å². The van der Waals surface area contributed by atoms with Gasteiger partial charge >= 0.3 is 0 Å². The number of aromatic nitrogens is 2. The Kier molecular flexibility index (Phi) is 4.43. The molecule has 7 nitrogen and oxygen atoms in total. The zero-order valence-electron chi connectivity index (χ0n) is 13.7. The number of nitrogens with zero attached hydrogens (tertiary/aromatic N) is 3. The van der Waals surface area contributed by atoms with Crippen LogP contribution < -0.4 is 5.32 Å². The largest absolute Gasteiger partial charge is 0.326 e. The van der Waals surface area contributed by atoms with Crippen LogP contribution in [0.25, 0.3) is 10.2 Å². The van der Waals surface area contributed by atoms with E-state index >= 15 is 0 Å². The smallest absolute Gasteiger partial charge is 0.244 e. The number of hydrogen-bond acceptors (Lipinski definition) is 6. The summed E-state index contributed by atoms with van der Waals surface area (Å²) >= 11 is 1.54. The van der Waals surface area contributed by atoms with Crippen molar-refractivity contribution in [3.8, 4) is 0 Å². The van der Waals surface area contributed by atoms with Gasteiger partial charge in [-0.25, -0.2) is 13.4 Å². The van der Waals surface area contributed by atoms with Crippen LogP contribution in [0.3, 0.4) is 0 Å². The maximum absolute atomic E-state index is 12.6. The van der Waals surface area contributed by atoms with Crippen molar-refractivity contribution in [3.63, 3.8) is 0 Å². The molecule has 0 saturated carbocycles. The zero-order chi connectivity index (χ0) is 18.1. The highest BCUT2D eigenvalue weighted by atomic mass is 32.2. The maximum Gasteiger partial charge on any atom is 0.244 e. The Morgan fingerprint density at radius 2 is 2.19 bits per heavy atom. The van der Waals surface area contributed by atoms with Crippen molar-refractivity contribution < 1.29 is 13.2 Å². The van der Waals surface area contributed by atoms with E-state index in [1.165, 1.54) is 34.1 Å². The van der Waals surface area contributed by atoms with Gasteiger partial charge in [0.05, 0.1) is 21.6 Å². The van der Waals surface area contributed by atoms with E-state index < -0.39 is 10.0 Å². The van der Waals surface area contributed by atoms with Crippen LogP contribution in [-0.2, 0) is 14.8 Å². The molecule has 0 aliphatic carbocycles. The Morgan fingerprint density at radius 1 is 1.31 bits per heavy atom. The fraction of sp³-hybridized carbons (Fsp3) is 0.235. The number of fused-ring (bicyclic) bond motifs is 1. The molecule has 3 aromatic rings. The van der Waals surface area contributed by atoms with Gasteiger partial charge in [-0.05, 0) is 36.8 Å². The lowest BCUT2D eigenvalue weighted by molar-refractivity contribution is -0.119. The van der Waals surface area contributed by atoms with Crippen molar-refractivity contribution in [2.24, 2.45) is 5.92 Å². The first-order valence-corrected chi connectivity index (χ1v) is 10.4. The summed E-state index contributed by atoms with van der Waals surface area (Å²) in [7, 11) is -3.62.